The van der Waals surface area contributed by atoms with E-state index in [0.717, 1.165) is 29.9 Å². The zero-order valence-corrected chi connectivity index (χ0v) is 9.92. The van der Waals surface area contributed by atoms with Crippen molar-refractivity contribution < 1.29 is 9.47 Å². The van der Waals surface area contributed by atoms with Gasteiger partial charge in [0.1, 0.15) is 11.5 Å². The topological polar surface area (TPSA) is 18.5 Å². The third-order valence-corrected chi connectivity index (χ3v) is 2.24. The predicted molar refractivity (Wildman–Crippen MR) is 61.5 cm³/mol. The van der Waals surface area contributed by atoms with Gasteiger partial charge in [-0.25, -0.2) is 0 Å². The second-order valence-corrected chi connectivity index (χ2v) is 3.59. The molecule has 0 aliphatic heterocycles. The van der Waals surface area contributed by atoms with Crippen molar-refractivity contribution in [3.05, 3.63) is 24.3 Å². The molecule has 0 amide bonds. The van der Waals surface area contributed by atoms with Gasteiger partial charge in [0.15, 0.2) is 0 Å². The zero-order chi connectivity index (χ0) is 10.2. The first-order valence-electron chi connectivity index (χ1n) is 4.78. The van der Waals surface area contributed by atoms with Crippen LogP contribution in [-0.4, -0.2) is 18.5 Å². The van der Waals surface area contributed by atoms with Crippen LogP contribution >= 0.6 is 15.9 Å². The smallest absolute Gasteiger partial charge is 0.119 e. The number of hydrogen-bond donors (Lipinski definition) is 0. The van der Waals surface area contributed by atoms with Crippen molar-refractivity contribution in [1.82, 2.24) is 0 Å². The first kappa shape index (κ1) is 11.4. The van der Waals surface area contributed by atoms with E-state index in [1.54, 1.807) is 0 Å². The SMILES string of the molecule is CCOc1ccc(OCCCBr)cc1. The third-order valence-electron chi connectivity index (χ3n) is 1.68. The second kappa shape index (κ2) is 6.71. The summed E-state index contributed by atoms with van der Waals surface area (Å²) in [5.41, 5.74) is 0. The van der Waals surface area contributed by atoms with Gasteiger partial charge >= 0.3 is 0 Å². The summed E-state index contributed by atoms with van der Waals surface area (Å²) in [4.78, 5) is 0. The maximum atomic E-state index is 5.49. The van der Waals surface area contributed by atoms with Crippen LogP contribution in [0.5, 0.6) is 11.5 Å². The summed E-state index contributed by atoms with van der Waals surface area (Å²) in [5.74, 6) is 1.79. The molecule has 14 heavy (non-hydrogen) atoms. The largest absolute Gasteiger partial charge is 0.494 e. The van der Waals surface area contributed by atoms with Crippen LogP contribution in [0.4, 0.5) is 0 Å². The molecular weight excluding hydrogens is 244 g/mol. The average Bonchev–Trinajstić information content (AvgIpc) is 2.21. The Kier molecular flexibility index (Phi) is 5.45. The number of benzene rings is 1. The van der Waals surface area contributed by atoms with Gasteiger partial charge in [0.2, 0.25) is 0 Å². The zero-order valence-electron chi connectivity index (χ0n) is 8.33. The molecule has 0 atom stereocenters. The van der Waals surface area contributed by atoms with Gasteiger partial charge in [-0.15, -0.1) is 0 Å². The van der Waals surface area contributed by atoms with Crippen molar-refractivity contribution in [2.24, 2.45) is 0 Å². The van der Waals surface area contributed by atoms with Crippen LogP contribution in [0, 0.1) is 0 Å². The Morgan fingerprint density at radius 2 is 1.64 bits per heavy atom. The minimum atomic E-state index is 0.698. The lowest BCUT2D eigenvalue weighted by Crippen LogP contribution is -1.97. The number of hydrogen-bond acceptors (Lipinski definition) is 2. The van der Waals surface area contributed by atoms with Crippen LogP contribution in [0.25, 0.3) is 0 Å². The molecule has 0 aromatic heterocycles. The molecule has 0 fully saturated rings. The van der Waals surface area contributed by atoms with Crippen molar-refractivity contribution in [3.8, 4) is 11.5 Å². The minimum Gasteiger partial charge on any atom is -0.494 e. The summed E-state index contributed by atoms with van der Waals surface area (Å²) in [5, 5.41) is 0.976. The summed E-state index contributed by atoms with van der Waals surface area (Å²) >= 11 is 3.36. The van der Waals surface area contributed by atoms with Crippen molar-refractivity contribution in [2.75, 3.05) is 18.5 Å². The summed E-state index contributed by atoms with van der Waals surface area (Å²) in [7, 11) is 0. The maximum absolute atomic E-state index is 5.49. The molecule has 1 aromatic carbocycles. The van der Waals surface area contributed by atoms with E-state index in [2.05, 4.69) is 15.9 Å². The maximum Gasteiger partial charge on any atom is 0.119 e. The fraction of sp³-hybridized carbons (Fsp3) is 0.455. The van der Waals surface area contributed by atoms with Crippen LogP contribution in [-0.2, 0) is 0 Å². The Hall–Kier alpha value is -0.700. The quantitative estimate of drug-likeness (QED) is 0.576. The minimum absolute atomic E-state index is 0.698. The highest BCUT2D eigenvalue weighted by molar-refractivity contribution is 9.09. The molecule has 0 unspecified atom stereocenters. The molecule has 0 aliphatic rings. The van der Waals surface area contributed by atoms with Gasteiger partial charge in [0.25, 0.3) is 0 Å². The van der Waals surface area contributed by atoms with Crippen molar-refractivity contribution in [2.45, 2.75) is 13.3 Å². The number of ether oxygens (including phenoxy) is 2. The van der Waals surface area contributed by atoms with Gasteiger partial charge in [-0.3, -0.25) is 0 Å². The Labute approximate surface area is 93.4 Å². The average molecular weight is 259 g/mol. The van der Waals surface area contributed by atoms with E-state index in [9.17, 15) is 0 Å². The van der Waals surface area contributed by atoms with Crippen LogP contribution in [0.1, 0.15) is 13.3 Å². The Morgan fingerprint density at radius 1 is 1.07 bits per heavy atom. The molecule has 0 heterocycles. The molecule has 0 aliphatic carbocycles. The van der Waals surface area contributed by atoms with Gasteiger partial charge in [-0.1, -0.05) is 15.9 Å². The monoisotopic (exact) mass is 258 g/mol. The van der Waals surface area contributed by atoms with Crippen molar-refractivity contribution >= 4 is 15.9 Å². The highest BCUT2D eigenvalue weighted by atomic mass is 79.9. The second-order valence-electron chi connectivity index (χ2n) is 2.80. The Balaban J connectivity index is 2.38. The van der Waals surface area contributed by atoms with E-state index in [-0.39, 0.29) is 0 Å². The summed E-state index contributed by atoms with van der Waals surface area (Å²) in [6.45, 7) is 3.42. The molecule has 2 nitrogen and oxygen atoms in total. The Morgan fingerprint density at radius 3 is 2.14 bits per heavy atom. The fourth-order valence-corrected chi connectivity index (χ4v) is 1.27. The van der Waals surface area contributed by atoms with Gasteiger partial charge in [-0.2, -0.15) is 0 Å². The molecule has 1 rings (SSSR count). The summed E-state index contributed by atoms with van der Waals surface area (Å²) in [6.07, 6.45) is 1.02. The molecule has 0 radical (unpaired) electrons. The highest BCUT2D eigenvalue weighted by Crippen LogP contribution is 2.17. The van der Waals surface area contributed by atoms with Crippen LogP contribution in [0.15, 0.2) is 24.3 Å². The molecule has 78 valence electrons. The van der Waals surface area contributed by atoms with E-state index in [0.29, 0.717) is 6.61 Å². The van der Waals surface area contributed by atoms with Crippen molar-refractivity contribution in [1.29, 1.82) is 0 Å². The lowest BCUT2D eigenvalue weighted by atomic mass is 10.3. The van der Waals surface area contributed by atoms with Gasteiger partial charge in [-0.05, 0) is 37.6 Å². The lowest BCUT2D eigenvalue weighted by molar-refractivity contribution is 0.315. The van der Waals surface area contributed by atoms with Gasteiger partial charge in [0.05, 0.1) is 13.2 Å². The molecule has 0 N–H and O–H groups in total. The van der Waals surface area contributed by atoms with Gasteiger partial charge in [0, 0.05) is 5.33 Å². The normalized spacial score (nSPS) is 9.86. The van der Waals surface area contributed by atoms with E-state index < -0.39 is 0 Å². The van der Waals surface area contributed by atoms with E-state index in [1.165, 1.54) is 0 Å². The molecule has 0 bridgehead atoms. The molecule has 0 saturated heterocycles. The molecule has 3 heteroatoms. The van der Waals surface area contributed by atoms with E-state index >= 15 is 0 Å². The Bertz CT molecular complexity index is 246. The van der Waals surface area contributed by atoms with Crippen LogP contribution in [0.3, 0.4) is 0 Å². The molecule has 0 spiro atoms. The van der Waals surface area contributed by atoms with Crippen molar-refractivity contribution in [3.63, 3.8) is 0 Å². The van der Waals surface area contributed by atoms with E-state index in [1.807, 2.05) is 31.2 Å². The van der Waals surface area contributed by atoms with E-state index in [4.69, 9.17) is 9.47 Å². The number of alkyl halides is 1. The number of halogens is 1. The number of rotatable bonds is 6. The fourth-order valence-electron chi connectivity index (χ4n) is 1.04. The van der Waals surface area contributed by atoms with Crippen LogP contribution < -0.4 is 9.47 Å². The van der Waals surface area contributed by atoms with Crippen LogP contribution in [0.2, 0.25) is 0 Å². The summed E-state index contributed by atoms with van der Waals surface area (Å²) < 4.78 is 10.8. The predicted octanol–water partition coefficient (Wildman–Crippen LogP) is 3.25. The molecule has 1 aromatic rings. The molecule has 0 saturated carbocycles. The van der Waals surface area contributed by atoms with Gasteiger partial charge < -0.3 is 9.47 Å². The summed E-state index contributed by atoms with van der Waals surface area (Å²) in [6, 6.07) is 7.71. The third kappa shape index (κ3) is 4.01. The lowest BCUT2D eigenvalue weighted by Gasteiger charge is -2.06. The standard InChI is InChI=1S/C11H15BrO2/c1-2-13-10-4-6-11(7-5-10)14-9-3-8-12/h4-7H,2-3,8-9H2,1H3. The molecular formula is C11H15BrO2. The first-order chi connectivity index (χ1) is 6.86. The first-order valence-corrected chi connectivity index (χ1v) is 5.90. The highest BCUT2D eigenvalue weighted by Gasteiger charge is 1.94.